The van der Waals surface area contributed by atoms with Gasteiger partial charge in [-0.3, -0.25) is 29.0 Å². The number of nitrogens with zero attached hydrogens (tertiary/aromatic N) is 2. The van der Waals surface area contributed by atoms with Gasteiger partial charge >= 0.3 is 0 Å². The average Bonchev–Trinajstić information content (AvgIpc) is 3.05. The quantitative estimate of drug-likeness (QED) is 0.790. The lowest BCUT2D eigenvalue weighted by Crippen LogP contribution is -2.57. The number of hydrogen-bond donors (Lipinski definition) is 1. The highest BCUT2D eigenvalue weighted by molar-refractivity contribution is 7.14. The van der Waals surface area contributed by atoms with Crippen LogP contribution in [0, 0.1) is 0 Å². The number of hydrogen-bond acceptors (Lipinski definition) is 7. The number of carbonyl (C=O) groups excluding carboxylic acids is 4. The third kappa shape index (κ3) is 2.40. The largest absolute Gasteiger partial charge is 0.390 e. The first-order valence-corrected chi connectivity index (χ1v) is 8.36. The Kier molecular flexibility index (Phi) is 4.14. The summed E-state index contributed by atoms with van der Waals surface area (Å²) in [4.78, 5) is 51.8. The van der Waals surface area contributed by atoms with E-state index in [4.69, 9.17) is 10.5 Å². The Labute approximate surface area is 142 Å². The molecule has 2 unspecified atom stereocenters. The second-order valence-electron chi connectivity index (χ2n) is 5.81. The summed E-state index contributed by atoms with van der Waals surface area (Å²) in [5, 5.41) is 1.78. The molecule has 128 valence electrons. The van der Waals surface area contributed by atoms with Gasteiger partial charge in [-0.25, -0.2) is 0 Å². The predicted molar refractivity (Wildman–Crippen MR) is 85.4 cm³/mol. The van der Waals surface area contributed by atoms with Crippen LogP contribution in [0.3, 0.4) is 0 Å². The average molecular weight is 351 g/mol. The van der Waals surface area contributed by atoms with E-state index in [0.29, 0.717) is 0 Å². The molecule has 2 N–H and O–H groups in total. The van der Waals surface area contributed by atoms with Crippen molar-refractivity contribution in [2.45, 2.75) is 31.9 Å². The molecule has 0 spiro atoms. The molecule has 4 amide bonds. The van der Waals surface area contributed by atoms with E-state index in [1.165, 1.54) is 12.5 Å². The molecular weight excluding hydrogens is 334 g/mol. The molecule has 2 atom stereocenters. The standard InChI is InChI=1S/C15H17N3O5S/c1-7(23-2)5-17-10(19)4-3-9(14(17)21)18-13(20)8-6-24-12(16)11(8)15(18)22/h6-7,9H,3-5,16H2,1-2H3. The van der Waals surface area contributed by atoms with Gasteiger partial charge in [0.1, 0.15) is 6.04 Å². The second-order valence-corrected chi connectivity index (χ2v) is 6.72. The Balaban J connectivity index is 1.87. The molecule has 1 saturated heterocycles. The van der Waals surface area contributed by atoms with Crippen molar-refractivity contribution < 1.29 is 23.9 Å². The zero-order chi connectivity index (χ0) is 17.6. The van der Waals surface area contributed by atoms with Crippen LogP contribution in [-0.4, -0.2) is 59.2 Å². The molecule has 0 aromatic carbocycles. The van der Waals surface area contributed by atoms with Crippen LogP contribution >= 0.6 is 11.3 Å². The van der Waals surface area contributed by atoms with Gasteiger partial charge in [0.15, 0.2) is 0 Å². The predicted octanol–water partition coefficient (Wildman–Crippen LogP) is 0.479. The van der Waals surface area contributed by atoms with Crippen LogP contribution in [0.1, 0.15) is 40.5 Å². The number of imide groups is 2. The number of rotatable bonds is 4. The zero-order valence-corrected chi connectivity index (χ0v) is 14.1. The number of piperidine rings is 1. The molecule has 2 aliphatic heterocycles. The van der Waals surface area contributed by atoms with Gasteiger partial charge in [-0.05, 0) is 13.3 Å². The number of methoxy groups -OCH3 is 1. The number of carbonyl (C=O) groups is 4. The van der Waals surface area contributed by atoms with E-state index in [0.717, 1.165) is 21.1 Å². The van der Waals surface area contributed by atoms with E-state index in [2.05, 4.69) is 0 Å². The van der Waals surface area contributed by atoms with Crippen molar-refractivity contribution >= 4 is 40.0 Å². The minimum Gasteiger partial charge on any atom is -0.390 e. The van der Waals surface area contributed by atoms with E-state index >= 15 is 0 Å². The molecule has 0 radical (unpaired) electrons. The molecule has 1 fully saturated rings. The van der Waals surface area contributed by atoms with Gasteiger partial charge in [-0.1, -0.05) is 0 Å². The Hall–Kier alpha value is -2.26. The molecule has 0 bridgehead atoms. The smallest absolute Gasteiger partial charge is 0.265 e. The molecule has 3 heterocycles. The van der Waals surface area contributed by atoms with Crippen molar-refractivity contribution in [1.29, 1.82) is 0 Å². The molecule has 1 aromatic heterocycles. The lowest BCUT2D eigenvalue weighted by atomic mass is 10.0. The number of nitrogens with two attached hydrogens (primary N) is 1. The lowest BCUT2D eigenvalue weighted by molar-refractivity contribution is -0.153. The maximum Gasteiger partial charge on any atom is 0.265 e. The zero-order valence-electron chi connectivity index (χ0n) is 13.3. The number of nitrogen functional groups attached to an aromatic ring is 1. The SMILES string of the molecule is COC(C)CN1C(=O)CCC(N2C(=O)c3csc(N)c3C2=O)C1=O. The molecular formula is C15H17N3O5S. The molecule has 0 saturated carbocycles. The van der Waals surface area contributed by atoms with E-state index in [1.54, 1.807) is 6.92 Å². The first-order valence-electron chi connectivity index (χ1n) is 7.48. The Morgan fingerprint density at radius 3 is 2.67 bits per heavy atom. The fourth-order valence-electron chi connectivity index (χ4n) is 2.96. The van der Waals surface area contributed by atoms with Gasteiger partial charge < -0.3 is 10.5 Å². The van der Waals surface area contributed by atoms with Gasteiger partial charge in [-0.2, -0.15) is 0 Å². The Morgan fingerprint density at radius 1 is 1.33 bits per heavy atom. The van der Waals surface area contributed by atoms with Gasteiger partial charge in [0.25, 0.3) is 17.7 Å². The first kappa shape index (κ1) is 16.6. The van der Waals surface area contributed by atoms with E-state index < -0.39 is 23.8 Å². The van der Waals surface area contributed by atoms with Gasteiger partial charge in [0, 0.05) is 18.9 Å². The normalized spacial score (nSPS) is 22.3. The second kappa shape index (κ2) is 5.99. The fraction of sp³-hybridized carbons (Fsp3) is 0.467. The van der Waals surface area contributed by atoms with Gasteiger partial charge in [-0.15, -0.1) is 11.3 Å². The van der Waals surface area contributed by atoms with Crippen LogP contribution in [0.4, 0.5) is 5.00 Å². The van der Waals surface area contributed by atoms with Crippen LogP contribution in [0.25, 0.3) is 0 Å². The minimum absolute atomic E-state index is 0.0876. The Morgan fingerprint density at radius 2 is 2.04 bits per heavy atom. The maximum absolute atomic E-state index is 12.7. The highest BCUT2D eigenvalue weighted by Gasteiger charge is 2.48. The van der Waals surface area contributed by atoms with Crippen LogP contribution in [0.2, 0.25) is 0 Å². The molecule has 8 nitrogen and oxygen atoms in total. The van der Waals surface area contributed by atoms with Gasteiger partial charge in [0.05, 0.1) is 28.8 Å². The van der Waals surface area contributed by atoms with Crippen molar-refractivity contribution in [3.63, 3.8) is 0 Å². The van der Waals surface area contributed by atoms with E-state index in [9.17, 15) is 19.2 Å². The number of anilines is 1. The number of ether oxygens (including phenoxy) is 1. The van der Waals surface area contributed by atoms with Crippen LogP contribution < -0.4 is 5.73 Å². The van der Waals surface area contributed by atoms with Crippen molar-refractivity contribution in [2.75, 3.05) is 19.4 Å². The molecule has 3 rings (SSSR count). The van der Waals surface area contributed by atoms with Crippen LogP contribution in [-0.2, 0) is 14.3 Å². The highest BCUT2D eigenvalue weighted by atomic mass is 32.1. The summed E-state index contributed by atoms with van der Waals surface area (Å²) in [5.41, 5.74) is 6.14. The van der Waals surface area contributed by atoms with Crippen molar-refractivity contribution in [1.82, 2.24) is 9.80 Å². The highest BCUT2D eigenvalue weighted by Crippen LogP contribution is 2.35. The summed E-state index contributed by atoms with van der Waals surface area (Å²) in [6, 6.07) is -0.983. The van der Waals surface area contributed by atoms with Gasteiger partial charge in [0.2, 0.25) is 5.91 Å². The number of fused-ring (bicyclic) bond motifs is 1. The number of amides is 4. The lowest BCUT2D eigenvalue weighted by Gasteiger charge is -2.35. The van der Waals surface area contributed by atoms with Crippen molar-refractivity contribution in [3.8, 4) is 0 Å². The molecule has 24 heavy (non-hydrogen) atoms. The summed E-state index contributed by atoms with van der Waals surface area (Å²) in [7, 11) is 1.48. The number of thiophene rings is 1. The number of likely N-dealkylation sites (tertiary alicyclic amines) is 1. The monoisotopic (exact) mass is 351 g/mol. The topological polar surface area (TPSA) is 110 Å². The summed E-state index contributed by atoms with van der Waals surface area (Å²) in [5.74, 6) is -1.98. The molecule has 2 aliphatic rings. The van der Waals surface area contributed by atoms with E-state index in [1.807, 2.05) is 0 Å². The van der Waals surface area contributed by atoms with Crippen molar-refractivity contribution in [2.24, 2.45) is 0 Å². The summed E-state index contributed by atoms with van der Waals surface area (Å²) < 4.78 is 5.10. The summed E-state index contributed by atoms with van der Waals surface area (Å²) >= 11 is 1.12. The fourth-order valence-corrected chi connectivity index (χ4v) is 3.74. The van der Waals surface area contributed by atoms with E-state index in [-0.39, 0.29) is 47.5 Å². The summed E-state index contributed by atoms with van der Waals surface area (Å²) in [6.45, 7) is 1.82. The molecule has 0 aliphatic carbocycles. The van der Waals surface area contributed by atoms with Crippen LogP contribution in [0.5, 0.6) is 0 Å². The molecule has 9 heteroatoms. The third-order valence-electron chi connectivity index (χ3n) is 4.34. The summed E-state index contributed by atoms with van der Waals surface area (Å²) in [6.07, 6.45) is -0.120. The first-order chi connectivity index (χ1) is 11.4. The molecule has 1 aromatic rings. The van der Waals surface area contributed by atoms with Crippen molar-refractivity contribution in [3.05, 3.63) is 16.5 Å². The maximum atomic E-state index is 12.7. The Bertz CT molecular complexity index is 743. The minimum atomic E-state index is -0.983. The third-order valence-corrected chi connectivity index (χ3v) is 5.15. The van der Waals surface area contributed by atoms with Crippen LogP contribution in [0.15, 0.2) is 5.38 Å².